The van der Waals surface area contributed by atoms with Crippen LogP contribution < -0.4 is 0 Å². The first-order valence-corrected chi connectivity index (χ1v) is 7.32. The number of rotatable bonds is 2. The van der Waals surface area contributed by atoms with Gasteiger partial charge >= 0.3 is 0 Å². The summed E-state index contributed by atoms with van der Waals surface area (Å²) < 4.78 is 2.85. The van der Waals surface area contributed by atoms with Gasteiger partial charge in [-0.3, -0.25) is 0 Å². The molecule has 0 spiro atoms. The summed E-state index contributed by atoms with van der Waals surface area (Å²) in [4.78, 5) is 3.30. The lowest BCUT2D eigenvalue weighted by atomic mass is 10.1. The van der Waals surface area contributed by atoms with Crippen LogP contribution in [0.5, 0.6) is 0 Å². The lowest BCUT2D eigenvalue weighted by Gasteiger charge is -2.16. The van der Waals surface area contributed by atoms with Gasteiger partial charge in [0.15, 0.2) is 4.77 Å². The van der Waals surface area contributed by atoms with Gasteiger partial charge in [0.2, 0.25) is 0 Å². The number of hydrogen-bond donors (Lipinski definition) is 1. The number of nitrogens with zero attached hydrogens (tertiary/aromatic N) is 1. The Morgan fingerprint density at radius 1 is 1.15 bits per heavy atom. The Balaban J connectivity index is 2.25. The normalized spacial score (nSPS) is 12.8. The summed E-state index contributed by atoms with van der Waals surface area (Å²) in [5, 5.41) is 0.768. The first-order chi connectivity index (χ1) is 9.59. The second kappa shape index (κ2) is 5.08. The minimum Gasteiger partial charge on any atom is -0.330 e. The maximum Gasteiger partial charge on any atom is 0.178 e. The summed E-state index contributed by atoms with van der Waals surface area (Å²) >= 11 is 11.8. The van der Waals surface area contributed by atoms with Gasteiger partial charge in [-0.15, -0.1) is 0 Å². The van der Waals surface area contributed by atoms with Gasteiger partial charge in [0.25, 0.3) is 0 Å². The van der Waals surface area contributed by atoms with Crippen molar-refractivity contribution in [1.29, 1.82) is 0 Å². The fourth-order valence-corrected chi connectivity index (χ4v) is 3.28. The summed E-state index contributed by atoms with van der Waals surface area (Å²) in [6.07, 6.45) is 0. The Labute approximate surface area is 128 Å². The molecule has 0 fully saturated rings. The molecule has 0 saturated heterocycles. The molecule has 102 valence electrons. The molecule has 2 nitrogen and oxygen atoms in total. The molecule has 1 aromatic heterocycles. The van der Waals surface area contributed by atoms with E-state index in [2.05, 4.69) is 41.6 Å². The van der Waals surface area contributed by atoms with Crippen LogP contribution in [0.4, 0.5) is 0 Å². The van der Waals surface area contributed by atoms with Gasteiger partial charge in [0, 0.05) is 5.02 Å². The van der Waals surface area contributed by atoms with Gasteiger partial charge in [0.1, 0.15) is 0 Å². The number of H-pyrrole nitrogens is 1. The summed E-state index contributed by atoms with van der Waals surface area (Å²) in [5.74, 6) is 0. The minimum absolute atomic E-state index is 0.0896. The predicted octanol–water partition coefficient (Wildman–Crippen LogP) is 5.27. The van der Waals surface area contributed by atoms with Crippen LogP contribution in [0.15, 0.2) is 42.5 Å². The lowest BCUT2D eigenvalue weighted by molar-refractivity contribution is 0.649. The third-order valence-corrected chi connectivity index (χ3v) is 4.35. The van der Waals surface area contributed by atoms with E-state index in [-0.39, 0.29) is 6.04 Å². The Bertz CT molecular complexity index is 832. The van der Waals surface area contributed by atoms with Crippen LogP contribution in [0, 0.1) is 11.7 Å². The van der Waals surface area contributed by atoms with Gasteiger partial charge in [-0.1, -0.05) is 41.9 Å². The van der Waals surface area contributed by atoms with E-state index in [0.29, 0.717) is 0 Å². The molecular formula is C16H15ClN2S. The molecular weight excluding hydrogens is 288 g/mol. The molecule has 1 heterocycles. The number of imidazole rings is 1. The number of nitrogens with one attached hydrogen (secondary N) is 1. The van der Waals surface area contributed by atoms with E-state index in [1.807, 2.05) is 24.3 Å². The largest absolute Gasteiger partial charge is 0.330 e. The highest BCUT2D eigenvalue weighted by atomic mass is 35.5. The number of aromatic nitrogens is 2. The van der Waals surface area contributed by atoms with Gasteiger partial charge in [-0.05, 0) is 49.3 Å². The van der Waals surface area contributed by atoms with E-state index in [4.69, 9.17) is 23.8 Å². The predicted molar refractivity (Wildman–Crippen MR) is 87.1 cm³/mol. The van der Waals surface area contributed by atoms with E-state index in [1.165, 1.54) is 5.56 Å². The Morgan fingerprint density at radius 3 is 2.65 bits per heavy atom. The van der Waals surface area contributed by atoms with Crippen LogP contribution >= 0.6 is 23.8 Å². The molecule has 1 atom stereocenters. The highest BCUT2D eigenvalue weighted by Gasteiger charge is 2.15. The summed E-state index contributed by atoms with van der Waals surface area (Å²) in [6.45, 7) is 4.20. The molecule has 3 aromatic rings. The van der Waals surface area contributed by atoms with Crippen LogP contribution in [-0.2, 0) is 0 Å². The molecule has 0 bridgehead atoms. The molecule has 4 heteroatoms. The maximum atomic E-state index is 6.31. The number of hydrogen-bond acceptors (Lipinski definition) is 1. The van der Waals surface area contributed by atoms with Crippen molar-refractivity contribution in [3.05, 3.63) is 63.4 Å². The highest BCUT2D eigenvalue weighted by Crippen LogP contribution is 2.29. The third kappa shape index (κ3) is 2.07. The molecule has 1 unspecified atom stereocenters. The Hall–Kier alpha value is -1.58. The van der Waals surface area contributed by atoms with Crippen LogP contribution in [0.3, 0.4) is 0 Å². The van der Waals surface area contributed by atoms with Gasteiger partial charge < -0.3 is 9.55 Å². The van der Waals surface area contributed by atoms with Crippen LogP contribution in [-0.4, -0.2) is 9.55 Å². The number of aryl methyl sites for hydroxylation is 1. The van der Waals surface area contributed by atoms with E-state index in [0.717, 1.165) is 26.4 Å². The van der Waals surface area contributed by atoms with Crippen molar-refractivity contribution in [2.75, 3.05) is 0 Å². The molecule has 1 N–H and O–H groups in total. The number of aromatic amines is 1. The van der Waals surface area contributed by atoms with Crippen molar-refractivity contribution < 1.29 is 0 Å². The molecule has 3 rings (SSSR count). The Kier molecular flexibility index (Phi) is 3.40. The zero-order valence-electron chi connectivity index (χ0n) is 11.4. The molecule has 0 aliphatic rings. The van der Waals surface area contributed by atoms with E-state index in [9.17, 15) is 0 Å². The zero-order chi connectivity index (χ0) is 14.3. The van der Waals surface area contributed by atoms with Crippen LogP contribution in [0.25, 0.3) is 11.0 Å². The van der Waals surface area contributed by atoms with Crippen LogP contribution in [0.1, 0.15) is 24.1 Å². The molecule has 2 aromatic carbocycles. The molecule has 0 saturated carbocycles. The molecule has 0 radical (unpaired) electrons. The van der Waals surface area contributed by atoms with Crippen molar-refractivity contribution in [3.8, 4) is 0 Å². The highest BCUT2D eigenvalue weighted by molar-refractivity contribution is 7.71. The summed E-state index contributed by atoms with van der Waals surface area (Å²) in [6, 6.07) is 14.2. The molecule has 20 heavy (non-hydrogen) atoms. The monoisotopic (exact) mass is 302 g/mol. The number of benzene rings is 2. The molecule has 0 aliphatic carbocycles. The fourth-order valence-electron chi connectivity index (χ4n) is 2.63. The maximum absolute atomic E-state index is 6.31. The second-order valence-electron chi connectivity index (χ2n) is 4.97. The number of fused-ring (bicyclic) bond motifs is 1. The third-order valence-electron chi connectivity index (χ3n) is 3.70. The smallest absolute Gasteiger partial charge is 0.178 e. The van der Waals surface area contributed by atoms with E-state index < -0.39 is 0 Å². The van der Waals surface area contributed by atoms with E-state index >= 15 is 0 Å². The SMILES string of the molecule is Cc1cccc2c1[nH]c(=S)n2C(C)c1ccccc1Cl. The zero-order valence-corrected chi connectivity index (χ0v) is 12.9. The van der Waals surface area contributed by atoms with Crippen molar-refractivity contribution in [2.45, 2.75) is 19.9 Å². The summed E-state index contributed by atoms with van der Waals surface area (Å²) in [5.41, 5.74) is 4.48. The first kappa shape index (κ1) is 13.4. The quantitative estimate of drug-likeness (QED) is 0.640. The standard InChI is InChI=1S/C16H15ClN2S/c1-10-6-5-9-14-15(10)18-16(20)19(14)11(2)12-7-3-4-8-13(12)17/h3-9,11H,1-2H3,(H,18,20). The second-order valence-corrected chi connectivity index (χ2v) is 5.76. The van der Waals surface area contributed by atoms with Crippen LogP contribution in [0.2, 0.25) is 5.02 Å². The minimum atomic E-state index is 0.0896. The van der Waals surface area contributed by atoms with Gasteiger partial charge in [-0.2, -0.15) is 0 Å². The number of halogens is 1. The van der Waals surface area contributed by atoms with Crippen molar-refractivity contribution in [3.63, 3.8) is 0 Å². The summed E-state index contributed by atoms with van der Waals surface area (Å²) in [7, 11) is 0. The lowest BCUT2D eigenvalue weighted by Crippen LogP contribution is -2.07. The van der Waals surface area contributed by atoms with Crippen molar-refractivity contribution in [1.82, 2.24) is 9.55 Å². The van der Waals surface area contributed by atoms with Gasteiger partial charge in [0.05, 0.1) is 17.1 Å². The van der Waals surface area contributed by atoms with Crippen molar-refractivity contribution >= 4 is 34.9 Å². The molecule has 0 aliphatic heterocycles. The van der Waals surface area contributed by atoms with Gasteiger partial charge in [-0.25, -0.2) is 0 Å². The fraction of sp³-hybridized carbons (Fsp3) is 0.188. The molecule has 0 amide bonds. The van der Waals surface area contributed by atoms with E-state index in [1.54, 1.807) is 0 Å². The van der Waals surface area contributed by atoms with Crippen molar-refractivity contribution in [2.24, 2.45) is 0 Å². The average Bonchev–Trinajstić information content (AvgIpc) is 2.76. The number of para-hydroxylation sites is 1. The average molecular weight is 303 g/mol. The Morgan fingerprint density at radius 2 is 1.90 bits per heavy atom. The topological polar surface area (TPSA) is 20.7 Å². The first-order valence-electron chi connectivity index (χ1n) is 6.54.